The van der Waals surface area contributed by atoms with Crippen molar-refractivity contribution in [3.8, 4) is 11.8 Å². The molecule has 2 bridgehead atoms. The first-order chi connectivity index (χ1) is 10.1. The molecule has 0 radical (unpaired) electrons. The highest BCUT2D eigenvalue weighted by Crippen LogP contribution is 2.40. The Labute approximate surface area is 124 Å². The van der Waals surface area contributed by atoms with Crippen molar-refractivity contribution >= 4 is 17.5 Å². The molecule has 0 aromatic heterocycles. The Kier molecular flexibility index (Phi) is 3.52. The van der Waals surface area contributed by atoms with E-state index in [2.05, 4.69) is 11.8 Å². The van der Waals surface area contributed by atoms with Crippen LogP contribution in [0.15, 0.2) is 18.2 Å². The SMILES string of the molecule is Cc1ccc(N2C(=O)C3CCC(C3)C2=O)c(C#CCN)c1. The molecule has 2 amide bonds. The summed E-state index contributed by atoms with van der Waals surface area (Å²) in [5, 5.41) is 0. The van der Waals surface area contributed by atoms with Gasteiger partial charge in [-0.15, -0.1) is 0 Å². The van der Waals surface area contributed by atoms with Gasteiger partial charge in [0.1, 0.15) is 0 Å². The third kappa shape index (κ3) is 2.34. The van der Waals surface area contributed by atoms with E-state index in [-0.39, 0.29) is 30.2 Å². The maximum atomic E-state index is 12.5. The van der Waals surface area contributed by atoms with E-state index in [1.807, 2.05) is 25.1 Å². The Morgan fingerprint density at radius 1 is 1.24 bits per heavy atom. The van der Waals surface area contributed by atoms with Crippen LogP contribution < -0.4 is 10.6 Å². The molecule has 4 heteroatoms. The molecule has 21 heavy (non-hydrogen) atoms. The quantitative estimate of drug-likeness (QED) is 0.628. The first kappa shape index (κ1) is 13.8. The van der Waals surface area contributed by atoms with Crippen molar-refractivity contribution in [2.45, 2.75) is 26.2 Å². The smallest absolute Gasteiger partial charge is 0.236 e. The van der Waals surface area contributed by atoms with Crippen molar-refractivity contribution < 1.29 is 9.59 Å². The maximum Gasteiger partial charge on any atom is 0.236 e. The van der Waals surface area contributed by atoms with E-state index in [0.717, 1.165) is 18.4 Å². The topological polar surface area (TPSA) is 63.4 Å². The monoisotopic (exact) mass is 282 g/mol. The average Bonchev–Trinajstić information content (AvgIpc) is 2.92. The Morgan fingerprint density at radius 2 is 1.90 bits per heavy atom. The highest BCUT2D eigenvalue weighted by Gasteiger charge is 2.46. The standard InChI is InChI=1S/C17H18N2O2/c1-11-4-7-15(12(9-11)3-2-8-18)19-16(20)13-5-6-14(10-13)17(19)21/h4,7,9,13-14H,5-6,8,10,18H2,1H3. The van der Waals surface area contributed by atoms with E-state index in [0.29, 0.717) is 17.7 Å². The molecule has 1 heterocycles. The van der Waals surface area contributed by atoms with Crippen molar-refractivity contribution in [1.82, 2.24) is 0 Å². The molecule has 1 aliphatic heterocycles. The molecule has 2 unspecified atom stereocenters. The van der Waals surface area contributed by atoms with E-state index in [1.165, 1.54) is 4.90 Å². The molecule has 2 atom stereocenters. The van der Waals surface area contributed by atoms with Crippen LogP contribution in [0.5, 0.6) is 0 Å². The largest absolute Gasteiger partial charge is 0.320 e. The van der Waals surface area contributed by atoms with Gasteiger partial charge in [0.05, 0.1) is 12.2 Å². The van der Waals surface area contributed by atoms with Crippen LogP contribution in [0.1, 0.15) is 30.4 Å². The normalized spacial score (nSPS) is 24.0. The summed E-state index contributed by atoms with van der Waals surface area (Å²) in [5.74, 6) is 5.62. The van der Waals surface area contributed by atoms with Gasteiger partial charge in [-0.1, -0.05) is 17.9 Å². The lowest BCUT2D eigenvalue weighted by Gasteiger charge is -2.30. The lowest BCUT2D eigenvalue weighted by molar-refractivity contribution is -0.133. The minimum Gasteiger partial charge on any atom is -0.320 e. The predicted octanol–water partition coefficient (Wildman–Crippen LogP) is 1.59. The summed E-state index contributed by atoms with van der Waals surface area (Å²) in [6.45, 7) is 2.21. The molecular weight excluding hydrogens is 264 g/mol. The van der Waals surface area contributed by atoms with Gasteiger partial charge in [0.15, 0.2) is 0 Å². The van der Waals surface area contributed by atoms with Gasteiger partial charge >= 0.3 is 0 Å². The first-order valence-corrected chi connectivity index (χ1v) is 7.29. The zero-order valence-corrected chi connectivity index (χ0v) is 12.1. The molecule has 2 N–H and O–H groups in total. The molecule has 1 aromatic rings. The van der Waals surface area contributed by atoms with E-state index in [1.54, 1.807) is 0 Å². The van der Waals surface area contributed by atoms with Gasteiger partial charge in [0, 0.05) is 17.4 Å². The van der Waals surface area contributed by atoms with Crippen LogP contribution in [0.25, 0.3) is 0 Å². The van der Waals surface area contributed by atoms with Gasteiger partial charge in [-0.25, -0.2) is 4.90 Å². The number of carbonyl (C=O) groups excluding carboxylic acids is 2. The number of fused-ring (bicyclic) bond motifs is 2. The number of rotatable bonds is 1. The summed E-state index contributed by atoms with van der Waals surface area (Å²) >= 11 is 0. The second-order valence-electron chi connectivity index (χ2n) is 5.75. The highest BCUT2D eigenvalue weighted by atomic mass is 16.2. The van der Waals surface area contributed by atoms with Gasteiger partial charge in [-0.3, -0.25) is 9.59 Å². The van der Waals surface area contributed by atoms with Crippen LogP contribution in [0.4, 0.5) is 5.69 Å². The van der Waals surface area contributed by atoms with Crippen LogP contribution in [0.2, 0.25) is 0 Å². The molecule has 1 saturated carbocycles. The predicted molar refractivity (Wildman–Crippen MR) is 80.4 cm³/mol. The molecule has 1 aliphatic carbocycles. The number of carbonyl (C=O) groups is 2. The summed E-state index contributed by atoms with van der Waals surface area (Å²) < 4.78 is 0. The van der Waals surface area contributed by atoms with Crippen molar-refractivity contribution in [2.24, 2.45) is 17.6 Å². The number of amides is 2. The fourth-order valence-electron chi connectivity index (χ4n) is 3.23. The number of imide groups is 1. The molecule has 1 aromatic carbocycles. The van der Waals surface area contributed by atoms with Gasteiger partial charge < -0.3 is 5.73 Å². The summed E-state index contributed by atoms with van der Waals surface area (Å²) in [6, 6.07) is 5.62. The van der Waals surface area contributed by atoms with Crippen molar-refractivity contribution in [1.29, 1.82) is 0 Å². The number of nitrogens with two attached hydrogens (primary N) is 1. The third-order valence-electron chi connectivity index (χ3n) is 4.29. The average molecular weight is 282 g/mol. The Morgan fingerprint density at radius 3 is 2.52 bits per heavy atom. The molecule has 2 aliphatic rings. The number of benzene rings is 1. The molecule has 2 fully saturated rings. The lowest BCUT2D eigenvalue weighted by Crippen LogP contribution is -2.46. The zero-order valence-electron chi connectivity index (χ0n) is 12.1. The molecule has 0 spiro atoms. The number of anilines is 1. The van der Waals surface area contributed by atoms with Crippen LogP contribution in [-0.2, 0) is 9.59 Å². The van der Waals surface area contributed by atoms with Crippen LogP contribution >= 0.6 is 0 Å². The summed E-state index contributed by atoms with van der Waals surface area (Å²) in [5.41, 5.74) is 7.77. The van der Waals surface area contributed by atoms with Crippen LogP contribution in [0.3, 0.4) is 0 Å². The first-order valence-electron chi connectivity index (χ1n) is 7.29. The Hall–Kier alpha value is -2.12. The number of hydrogen-bond donors (Lipinski definition) is 1. The third-order valence-corrected chi connectivity index (χ3v) is 4.29. The summed E-state index contributed by atoms with van der Waals surface area (Å²) in [7, 11) is 0. The van der Waals surface area contributed by atoms with Gasteiger partial charge in [0.2, 0.25) is 11.8 Å². The number of piperidine rings is 1. The van der Waals surface area contributed by atoms with E-state index in [4.69, 9.17) is 5.73 Å². The van der Waals surface area contributed by atoms with E-state index in [9.17, 15) is 9.59 Å². The van der Waals surface area contributed by atoms with Gasteiger partial charge in [-0.05, 0) is 43.9 Å². The second kappa shape index (κ2) is 5.34. The van der Waals surface area contributed by atoms with Crippen LogP contribution in [-0.4, -0.2) is 18.4 Å². The fraction of sp³-hybridized carbons (Fsp3) is 0.412. The molecule has 4 nitrogen and oxygen atoms in total. The molecule has 1 saturated heterocycles. The zero-order chi connectivity index (χ0) is 15.0. The molecular formula is C17H18N2O2. The minimum absolute atomic E-state index is 0.00989. The van der Waals surface area contributed by atoms with Crippen molar-refractivity contribution in [3.05, 3.63) is 29.3 Å². The number of aryl methyl sites for hydroxylation is 1. The number of nitrogens with zero attached hydrogens (tertiary/aromatic N) is 1. The minimum atomic E-state index is -0.0756. The van der Waals surface area contributed by atoms with E-state index >= 15 is 0 Å². The maximum absolute atomic E-state index is 12.5. The molecule has 3 rings (SSSR count). The van der Waals surface area contributed by atoms with E-state index < -0.39 is 0 Å². The van der Waals surface area contributed by atoms with Crippen LogP contribution in [0, 0.1) is 30.6 Å². The Bertz CT molecular complexity index is 647. The van der Waals surface area contributed by atoms with Crippen molar-refractivity contribution in [3.63, 3.8) is 0 Å². The van der Waals surface area contributed by atoms with Gasteiger partial charge in [-0.2, -0.15) is 0 Å². The number of hydrogen-bond acceptors (Lipinski definition) is 3. The van der Waals surface area contributed by atoms with Gasteiger partial charge in [0.25, 0.3) is 0 Å². The lowest BCUT2D eigenvalue weighted by atomic mass is 9.95. The molecule has 108 valence electrons. The second-order valence-corrected chi connectivity index (χ2v) is 5.75. The fourth-order valence-corrected chi connectivity index (χ4v) is 3.23. The van der Waals surface area contributed by atoms with Crippen molar-refractivity contribution in [2.75, 3.05) is 11.4 Å². The summed E-state index contributed by atoms with van der Waals surface area (Å²) in [4.78, 5) is 26.4. The highest BCUT2D eigenvalue weighted by molar-refractivity contribution is 6.19. The Balaban J connectivity index is 2.07. The summed E-state index contributed by atoms with van der Waals surface area (Å²) in [6.07, 6.45) is 2.35.